The van der Waals surface area contributed by atoms with Crippen LogP contribution in [0.3, 0.4) is 0 Å². The molecule has 21 heavy (non-hydrogen) atoms. The van der Waals surface area contributed by atoms with Crippen LogP contribution in [0.4, 0.5) is 4.79 Å². The Morgan fingerprint density at radius 1 is 1.52 bits per heavy atom. The molecule has 1 N–H and O–H groups in total. The summed E-state index contributed by atoms with van der Waals surface area (Å²) in [6.45, 7) is 12.4. The molecule has 0 radical (unpaired) electrons. The van der Waals surface area contributed by atoms with E-state index < -0.39 is 11.7 Å². The van der Waals surface area contributed by atoms with Crippen LogP contribution in [-0.2, 0) is 11.3 Å². The highest BCUT2D eigenvalue weighted by Crippen LogP contribution is 2.14. The standard InChI is InChI=1S/C15H28N4O2/c1-7-18(6)8-9-19-11-16-10-13(19)12(2)17-14(20)21-15(3,4)5/h10-12H,7-9H2,1-6H3,(H,17,20)/t12-/m1/s1. The summed E-state index contributed by atoms with van der Waals surface area (Å²) in [5.41, 5.74) is 0.485. The number of carbonyl (C=O) groups excluding carboxylic acids is 1. The van der Waals surface area contributed by atoms with Crippen LogP contribution in [0.15, 0.2) is 12.5 Å². The summed E-state index contributed by atoms with van der Waals surface area (Å²) in [4.78, 5) is 18.2. The first-order valence-corrected chi connectivity index (χ1v) is 7.41. The van der Waals surface area contributed by atoms with Crippen molar-refractivity contribution in [2.24, 2.45) is 0 Å². The molecule has 0 fully saturated rings. The lowest BCUT2D eigenvalue weighted by Gasteiger charge is -2.23. The molecule has 120 valence electrons. The monoisotopic (exact) mass is 296 g/mol. The number of amides is 1. The van der Waals surface area contributed by atoms with Gasteiger partial charge in [-0.3, -0.25) is 0 Å². The quantitative estimate of drug-likeness (QED) is 0.876. The second-order valence-corrected chi connectivity index (χ2v) is 6.28. The highest BCUT2D eigenvalue weighted by Gasteiger charge is 2.19. The van der Waals surface area contributed by atoms with Gasteiger partial charge in [-0.2, -0.15) is 0 Å². The van der Waals surface area contributed by atoms with E-state index in [2.05, 4.69) is 33.7 Å². The lowest BCUT2D eigenvalue weighted by molar-refractivity contribution is 0.0506. The van der Waals surface area contributed by atoms with Gasteiger partial charge in [0.25, 0.3) is 0 Å². The fourth-order valence-electron chi connectivity index (χ4n) is 1.87. The number of likely N-dealkylation sites (N-methyl/N-ethyl adjacent to an activating group) is 1. The summed E-state index contributed by atoms with van der Waals surface area (Å²) in [6, 6.07) is -0.144. The Morgan fingerprint density at radius 2 is 2.19 bits per heavy atom. The molecule has 1 aromatic heterocycles. The van der Waals surface area contributed by atoms with Crippen molar-refractivity contribution in [2.45, 2.75) is 52.8 Å². The molecule has 0 aliphatic carbocycles. The van der Waals surface area contributed by atoms with Gasteiger partial charge in [-0.15, -0.1) is 0 Å². The Labute approximate surface area is 127 Å². The molecule has 0 aromatic carbocycles. The SMILES string of the molecule is CCN(C)CCn1cncc1[C@@H](C)NC(=O)OC(C)(C)C. The molecular formula is C15H28N4O2. The van der Waals surface area contributed by atoms with Gasteiger partial charge in [0, 0.05) is 13.1 Å². The van der Waals surface area contributed by atoms with Crippen molar-refractivity contribution in [1.29, 1.82) is 0 Å². The van der Waals surface area contributed by atoms with E-state index in [0.717, 1.165) is 25.3 Å². The highest BCUT2D eigenvalue weighted by atomic mass is 16.6. The molecule has 0 aliphatic heterocycles. The summed E-state index contributed by atoms with van der Waals surface area (Å²) in [6.07, 6.45) is 3.17. The maximum absolute atomic E-state index is 11.8. The molecule has 0 saturated carbocycles. The van der Waals surface area contributed by atoms with Crippen molar-refractivity contribution in [3.05, 3.63) is 18.2 Å². The molecular weight excluding hydrogens is 268 g/mol. The summed E-state index contributed by atoms with van der Waals surface area (Å²) in [7, 11) is 2.08. The number of alkyl carbamates (subject to hydrolysis) is 1. The second-order valence-electron chi connectivity index (χ2n) is 6.28. The molecule has 1 amide bonds. The molecule has 0 unspecified atom stereocenters. The molecule has 1 rings (SSSR count). The number of carbonyl (C=O) groups is 1. The van der Waals surface area contributed by atoms with E-state index in [-0.39, 0.29) is 6.04 Å². The lowest BCUT2D eigenvalue weighted by atomic mass is 10.2. The van der Waals surface area contributed by atoms with Crippen LogP contribution in [0.5, 0.6) is 0 Å². The van der Waals surface area contributed by atoms with E-state index >= 15 is 0 Å². The van der Waals surface area contributed by atoms with Crippen molar-refractivity contribution < 1.29 is 9.53 Å². The molecule has 0 spiro atoms. The molecule has 6 nitrogen and oxygen atoms in total. The van der Waals surface area contributed by atoms with Gasteiger partial charge >= 0.3 is 6.09 Å². The Bertz CT molecular complexity index is 451. The van der Waals surface area contributed by atoms with E-state index in [0.29, 0.717) is 0 Å². The number of ether oxygens (including phenoxy) is 1. The summed E-state index contributed by atoms with van der Waals surface area (Å²) in [5.74, 6) is 0. The van der Waals surface area contributed by atoms with E-state index in [1.54, 1.807) is 12.5 Å². The Morgan fingerprint density at radius 3 is 2.76 bits per heavy atom. The Hall–Kier alpha value is -1.56. The van der Waals surface area contributed by atoms with Crippen molar-refractivity contribution in [1.82, 2.24) is 19.8 Å². The van der Waals surface area contributed by atoms with E-state index in [9.17, 15) is 4.79 Å². The van der Waals surface area contributed by atoms with Crippen LogP contribution in [0.1, 0.15) is 46.4 Å². The summed E-state index contributed by atoms with van der Waals surface area (Å²) >= 11 is 0. The minimum atomic E-state index is -0.492. The summed E-state index contributed by atoms with van der Waals surface area (Å²) < 4.78 is 7.34. The van der Waals surface area contributed by atoms with Crippen molar-refractivity contribution in [3.8, 4) is 0 Å². The van der Waals surface area contributed by atoms with Crippen LogP contribution in [-0.4, -0.2) is 46.3 Å². The fourth-order valence-corrected chi connectivity index (χ4v) is 1.87. The highest BCUT2D eigenvalue weighted by molar-refractivity contribution is 5.68. The zero-order valence-corrected chi connectivity index (χ0v) is 14.0. The van der Waals surface area contributed by atoms with Crippen molar-refractivity contribution >= 4 is 6.09 Å². The zero-order chi connectivity index (χ0) is 16.0. The molecule has 1 heterocycles. The van der Waals surface area contributed by atoms with Gasteiger partial charge in [-0.05, 0) is 41.3 Å². The zero-order valence-electron chi connectivity index (χ0n) is 14.0. The number of imidazole rings is 1. The number of rotatable bonds is 6. The first-order valence-electron chi connectivity index (χ1n) is 7.41. The van der Waals surface area contributed by atoms with Gasteiger partial charge < -0.3 is 19.5 Å². The smallest absolute Gasteiger partial charge is 0.408 e. The minimum absolute atomic E-state index is 0.144. The molecule has 0 bridgehead atoms. The van der Waals surface area contributed by atoms with Crippen molar-refractivity contribution in [2.75, 3.05) is 20.1 Å². The van der Waals surface area contributed by atoms with Crippen LogP contribution < -0.4 is 5.32 Å². The van der Waals surface area contributed by atoms with E-state index in [4.69, 9.17) is 4.74 Å². The largest absolute Gasteiger partial charge is 0.444 e. The van der Waals surface area contributed by atoms with Crippen LogP contribution >= 0.6 is 0 Å². The van der Waals surface area contributed by atoms with E-state index in [1.807, 2.05) is 27.7 Å². The summed E-state index contributed by atoms with van der Waals surface area (Å²) in [5, 5.41) is 2.85. The maximum atomic E-state index is 11.8. The number of aromatic nitrogens is 2. The second kappa shape index (κ2) is 7.45. The lowest BCUT2D eigenvalue weighted by Crippen LogP contribution is -2.35. The third-order valence-corrected chi connectivity index (χ3v) is 3.18. The van der Waals surface area contributed by atoms with Gasteiger partial charge in [0.2, 0.25) is 0 Å². The van der Waals surface area contributed by atoms with Crippen LogP contribution in [0, 0.1) is 0 Å². The third-order valence-electron chi connectivity index (χ3n) is 3.18. The van der Waals surface area contributed by atoms with Gasteiger partial charge in [0.15, 0.2) is 0 Å². The molecule has 1 aromatic rings. The topological polar surface area (TPSA) is 59.4 Å². The Kier molecular flexibility index (Phi) is 6.20. The van der Waals surface area contributed by atoms with Gasteiger partial charge in [-0.25, -0.2) is 9.78 Å². The predicted octanol–water partition coefficient (Wildman–Crippen LogP) is 2.42. The number of nitrogens with zero attached hydrogens (tertiary/aromatic N) is 3. The van der Waals surface area contributed by atoms with Crippen molar-refractivity contribution in [3.63, 3.8) is 0 Å². The van der Waals surface area contributed by atoms with Crippen LogP contribution in [0.2, 0.25) is 0 Å². The fraction of sp³-hybridized carbons (Fsp3) is 0.733. The molecule has 0 aliphatic rings. The average molecular weight is 296 g/mol. The number of hydrogen-bond donors (Lipinski definition) is 1. The predicted molar refractivity (Wildman–Crippen MR) is 83.2 cm³/mol. The normalized spacial score (nSPS) is 13.3. The number of nitrogens with one attached hydrogen (secondary N) is 1. The van der Waals surface area contributed by atoms with E-state index in [1.165, 1.54) is 0 Å². The average Bonchev–Trinajstić information content (AvgIpc) is 2.81. The molecule has 0 saturated heterocycles. The van der Waals surface area contributed by atoms with Gasteiger partial charge in [-0.1, -0.05) is 6.92 Å². The maximum Gasteiger partial charge on any atom is 0.408 e. The first-order chi connectivity index (χ1) is 9.73. The number of hydrogen-bond acceptors (Lipinski definition) is 4. The molecule has 1 atom stereocenters. The first kappa shape index (κ1) is 17.5. The third kappa shape index (κ3) is 6.16. The molecule has 6 heteroatoms. The van der Waals surface area contributed by atoms with Crippen LogP contribution in [0.25, 0.3) is 0 Å². The van der Waals surface area contributed by atoms with Gasteiger partial charge in [0.05, 0.1) is 24.3 Å². The minimum Gasteiger partial charge on any atom is -0.444 e. The van der Waals surface area contributed by atoms with Gasteiger partial charge in [0.1, 0.15) is 5.60 Å². The Balaban J connectivity index is 2.60.